The molecular weight excluding hydrogens is 522 g/mol. The van der Waals surface area contributed by atoms with Crippen molar-refractivity contribution < 1.29 is 18.8 Å². The number of nitrogens with zero attached hydrogens (tertiary/aromatic N) is 1. The van der Waals surface area contributed by atoms with Gasteiger partial charge in [-0.2, -0.15) is 0 Å². The van der Waals surface area contributed by atoms with Crippen LogP contribution in [-0.4, -0.2) is 22.9 Å². The predicted molar refractivity (Wildman–Crippen MR) is 115 cm³/mol. The van der Waals surface area contributed by atoms with Crippen molar-refractivity contribution in [3.8, 4) is 0 Å². The number of hydrogen-bond donors (Lipinski definition) is 2. The van der Waals surface area contributed by atoms with E-state index in [2.05, 4.69) is 42.3 Å². The minimum atomic E-state index is -0.285. The van der Waals surface area contributed by atoms with Gasteiger partial charge in [0.2, 0.25) is 0 Å². The summed E-state index contributed by atoms with van der Waals surface area (Å²) in [5.41, 5.74) is 4.09. The fraction of sp³-hybridized carbons (Fsp3) is 0.364. The lowest BCUT2D eigenvalue weighted by atomic mass is 9.61. The second-order valence-corrected chi connectivity index (χ2v) is 10.1. The molecular formula is C22H18Br2F2N2O2. The Labute approximate surface area is 189 Å². The summed E-state index contributed by atoms with van der Waals surface area (Å²) < 4.78 is 27.5. The molecule has 2 fully saturated rings. The summed E-state index contributed by atoms with van der Waals surface area (Å²) in [6.45, 7) is 0. The topological polar surface area (TPSA) is 61.7 Å². The highest BCUT2D eigenvalue weighted by Gasteiger charge is 2.42. The first kappa shape index (κ1) is 20.1. The number of carbonyl (C=O) groups excluding carboxylic acids is 1. The van der Waals surface area contributed by atoms with E-state index in [1.807, 2.05) is 0 Å². The number of amides is 1. The first-order valence-corrected chi connectivity index (χ1v) is 11.4. The molecule has 0 aromatic heterocycles. The maximum atomic E-state index is 13.4. The standard InChI is InChI=1S/2C11H9BrFNO/c12-9-3-8-7(4-10(9)13)5-1-6(2-5)14-11(8)15;12-9-3-8-7(4-10(9)13)5-1-6(2-5)11(8)14-15/h3-6H,1-2H2,(H,14,15);3-6,15H,1-2H2/b;14-11+. The van der Waals surface area contributed by atoms with Gasteiger partial charge in [-0.05, 0) is 105 Å². The van der Waals surface area contributed by atoms with Crippen LogP contribution in [0.2, 0.25) is 0 Å². The third kappa shape index (κ3) is 3.19. The van der Waals surface area contributed by atoms with Crippen molar-refractivity contribution in [1.82, 2.24) is 5.32 Å². The number of hydrogen-bond acceptors (Lipinski definition) is 3. The van der Waals surface area contributed by atoms with Crippen LogP contribution in [0.1, 0.15) is 64.6 Å². The van der Waals surface area contributed by atoms with Crippen molar-refractivity contribution in [3.63, 3.8) is 0 Å². The molecule has 8 heteroatoms. The van der Waals surface area contributed by atoms with E-state index in [9.17, 15) is 13.6 Å². The van der Waals surface area contributed by atoms with Gasteiger partial charge < -0.3 is 10.5 Å². The average Bonchev–Trinajstić information content (AvgIpc) is 2.86. The second kappa shape index (κ2) is 7.41. The van der Waals surface area contributed by atoms with E-state index < -0.39 is 0 Å². The molecule has 2 aromatic carbocycles. The molecule has 4 bridgehead atoms. The number of carbonyl (C=O) groups is 1. The van der Waals surface area contributed by atoms with Crippen LogP contribution in [0.25, 0.3) is 0 Å². The molecule has 0 saturated heterocycles. The predicted octanol–water partition coefficient (Wildman–Crippen LogP) is 5.85. The van der Waals surface area contributed by atoms with Crippen LogP contribution in [0.4, 0.5) is 8.78 Å². The fourth-order valence-corrected chi connectivity index (χ4v) is 5.61. The number of nitrogens with one attached hydrogen (secondary N) is 1. The molecule has 2 N–H and O–H groups in total. The van der Waals surface area contributed by atoms with Gasteiger partial charge in [0.15, 0.2) is 0 Å². The van der Waals surface area contributed by atoms with E-state index in [-0.39, 0.29) is 23.6 Å². The van der Waals surface area contributed by atoms with Crippen molar-refractivity contribution in [3.05, 3.63) is 67.1 Å². The van der Waals surface area contributed by atoms with Gasteiger partial charge in [-0.1, -0.05) is 5.16 Å². The quantitative estimate of drug-likeness (QED) is 0.326. The Morgan fingerprint density at radius 3 is 2.00 bits per heavy atom. The molecule has 2 saturated carbocycles. The lowest BCUT2D eigenvalue weighted by Crippen LogP contribution is -2.39. The van der Waals surface area contributed by atoms with Crippen LogP contribution in [0.15, 0.2) is 38.4 Å². The fourth-order valence-electron chi connectivity index (χ4n) is 4.92. The molecule has 156 valence electrons. The van der Waals surface area contributed by atoms with Crippen molar-refractivity contribution in [2.45, 2.75) is 43.6 Å². The second-order valence-electron chi connectivity index (χ2n) is 8.40. The van der Waals surface area contributed by atoms with Crippen LogP contribution in [-0.2, 0) is 0 Å². The van der Waals surface area contributed by atoms with Crippen LogP contribution in [0, 0.1) is 17.6 Å². The summed E-state index contributed by atoms with van der Waals surface area (Å²) in [6, 6.07) is 6.64. The van der Waals surface area contributed by atoms with E-state index in [0.717, 1.165) is 42.4 Å². The molecule has 1 amide bonds. The maximum absolute atomic E-state index is 13.4. The molecule has 4 aliphatic carbocycles. The summed E-state index contributed by atoms with van der Waals surface area (Å²) in [5, 5.41) is 15.3. The molecule has 0 unspecified atom stereocenters. The molecule has 30 heavy (non-hydrogen) atoms. The zero-order chi connectivity index (χ0) is 21.2. The third-order valence-electron chi connectivity index (χ3n) is 6.69. The van der Waals surface area contributed by atoms with Crippen LogP contribution >= 0.6 is 31.9 Å². The third-order valence-corrected chi connectivity index (χ3v) is 7.91. The molecule has 2 heterocycles. The minimum Gasteiger partial charge on any atom is -0.411 e. The molecule has 6 aliphatic rings. The lowest BCUT2D eigenvalue weighted by molar-refractivity contribution is 0.0926. The maximum Gasteiger partial charge on any atom is 0.251 e. The van der Waals surface area contributed by atoms with Crippen molar-refractivity contribution in [2.24, 2.45) is 11.1 Å². The van der Waals surface area contributed by atoms with Crippen LogP contribution in [0.3, 0.4) is 0 Å². The van der Waals surface area contributed by atoms with E-state index in [4.69, 9.17) is 5.21 Å². The highest BCUT2D eigenvalue weighted by Crippen LogP contribution is 2.50. The molecule has 2 aliphatic heterocycles. The number of fused-ring (bicyclic) bond motifs is 1. The van der Waals surface area contributed by atoms with Crippen molar-refractivity contribution in [1.29, 1.82) is 0 Å². The first-order chi connectivity index (χ1) is 14.4. The summed E-state index contributed by atoms with van der Waals surface area (Å²) in [4.78, 5) is 11.8. The van der Waals surface area contributed by atoms with Crippen LogP contribution < -0.4 is 5.32 Å². The molecule has 8 rings (SSSR count). The van der Waals surface area contributed by atoms with Gasteiger partial charge in [-0.25, -0.2) is 8.78 Å². The zero-order valence-electron chi connectivity index (χ0n) is 15.8. The van der Waals surface area contributed by atoms with Gasteiger partial charge >= 0.3 is 0 Å². The van der Waals surface area contributed by atoms with Crippen molar-refractivity contribution in [2.75, 3.05) is 0 Å². The average molecular weight is 540 g/mol. The monoisotopic (exact) mass is 538 g/mol. The van der Waals surface area contributed by atoms with Gasteiger partial charge in [0, 0.05) is 23.1 Å². The summed E-state index contributed by atoms with van der Waals surface area (Å²) in [7, 11) is 0. The Balaban J connectivity index is 0.000000128. The summed E-state index contributed by atoms with van der Waals surface area (Å²) in [6.07, 6.45) is 3.88. The van der Waals surface area contributed by atoms with Gasteiger partial charge in [0.25, 0.3) is 5.91 Å². The van der Waals surface area contributed by atoms with Crippen molar-refractivity contribution >= 4 is 43.5 Å². The lowest BCUT2D eigenvalue weighted by Gasteiger charge is -2.42. The number of benzene rings is 2. The Morgan fingerprint density at radius 2 is 1.40 bits per heavy atom. The van der Waals surface area contributed by atoms with E-state index in [1.54, 1.807) is 18.2 Å². The smallest absolute Gasteiger partial charge is 0.251 e. The number of halogens is 4. The Kier molecular flexibility index (Phi) is 4.97. The largest absolute Gasteiger partial charge is 0.411 e. The molecule has 2 aromatic rings. The Hall–Kier alpha value is -1.80. The SMILES string of the molecule is O/N=C1/c2cc(Br)c(F)cc2C2CC1C2.O=C1NC2CC(C2)c2cc(F)c(Br)cc21. The van der Waals surface area contributed by atoms with Gasteiger partial charge in [-0.15, -0.1) is 0 Å². The van der Waals surface area contributed by atoms with Gasteiger partial charge in [-0.3, -0.25) is 4.79 Å². The van der Waals surface area contributed by atoms with Crippen LogP contribution in [0.5, 0.6) is 0 Å². The van der Waals surface area contributed by atoms with Gasteiger partial charge in [0.1, 0.15) is 11.6 Å². The Morgan fingerprint density at radius 1 is 0.867 bits per heavy atom. The molecule has 4 nitrogen and oxygen atoms in total. The summed E-state index contributed by atoms with van der Waals surface area (Å²) >= 11 is 6.26. The van der Waals surface area contributed by atoms with E-state index in [0.29, 0.717) is 38.0 Å². The van der Waals surface area contributed by atoms with E-state index >= 15 is 0 Å². The number of rotatable bonds is 0. The highest BCUT2D eigenvalue weighted by molar-refractivity contribution is 9.10. The zero-order valence-corrected chi connectivity index (χ0v) is 18.9. The molecule has 0 radical (unpaired) electrons. The summed E-state index contributed by atoms with van der Waals surface area (Å²) in [5.74, 6) is 0.577. The normalized spacial score (nSPS) is 28.7. The highest BCUT2D eigenvalue weighted by atomic mass is 79.9. The Bertz CT molecular complexity index is 1090. The molecule has 0 atom stereocenters. The molecule has 0 spiro atoms. The number of oxime groups is 1. The van der Waals surface area contributed by atoms with E-state index in [1.165, 1.54) is 6.07 Å². The van der Waals surface area contributed by atoms with Gasteiger partial charge in [0.05, 0.1) is 14.7 Å². The first-order valence-electron chi connectivity index (χ1n) is 9.86. The minimum absolute atomic E-state index is 0.0734.